The molecule has 0 saturated heterocycles. The van der Waals surface area contributed by atoms with Gasteiger partial charge in [0.2, 0.25) is 0 Å². The Morgan fingerprint density at radius 1 is 1.36 bits per heavy atom. The molecule has 60 valence electrons. The SMILES string of the molecule is O=C1N=NN(S(=O)(=O)O)C1=O. The minimum Gasteiger partial charge on any atom is -0.267 e. The average Bonchev–Trinajstić information content (AvgIpc) is 2.11. The summed E-state index contributed by atoms with van der Waals surface area (Å²) in [6, 6.07) is 0. The van der Waals surface area contributed by atoms with E-state index < -0.39 is 26.5 Å². The molecule has 0 atom stereocenters. The molecule has 1 heterocycles. The van der Waals surface area contributed by atoms with Crippen LogP contribution in [0.2, 0.25) is 0 Å². The number of rotatable bonds is 1. The van der Waals surface area contributed by atoms with E-state index in [1.165, 1.54) is 0 Å². The third kappa shape index (κ3) is 1.23. The van der Waals surface area contributed by atoms with Crippen molar-refractivity contribution in [3.63, 3.8) is 0 Å². The molecule has 9 heteroatoms. The van der Waals surface area contributed by atoms with Crippen LogP contribution in [0.3, 0.4) is 0 Å². The Hall–Kier alpha value is -1.35. The maximum absolute atomic E-state index is 10.4. The summed E-state index contributed by atoms with van der Waals surface area (Å²) in [5.41, 5.74) is 0. The standard InChI is InChI=1S/C2HN3O5S/c6-1-2(7)5(4-3-1)11(8,9)10/h(H,8,9,10). The van der Waals surface area contributed by atoms with Crippen molar-refractivity contribution in [2.45, 2.75) is 0 Å². The molecule has 8 nitrogen and oxygen atoms in total. The summed E-state index contributed by atoms with van der Waals surface area (Å²) in [4.78, 5) is 20.6. The predicted molar refractivity (Wildman–Crippen MR) is 28.3 cm³/mol. The van der Waals surface area contributed by atoms with Gasteiger partial charge in [-0.3, -0.25) is 14.1 Å². The van der Waals surface area contributed by atoms with Crippen molar-refractivity contribution in [1.82, 2.24) is 4.41 Å². The molecular formula is C2HN3O5S. The van der Waals surface area contributed by atoms with E-state index in [-0.39, 0.29) is 0 Å². The van der Waals surface area contributed by atoms with E-state index in [4.69, 9.17) is 4.55 Å². The lowest BCUT2D eigenvalue weighted by atomic mass is 10.6. The van der Waals surface area contributed by atoms with Crippen molar-refractivity contribution in [2.75, 3.05) is 0 Å². The van der Waals surface area contributed by atoms with Gasteiger partial charge in [-0.25, -0.2) is 0 Å². The zero-order chi connectivity index (χ0) is 8.65. The van der Waals surface area contributed by atoms with E-state index in [1.807, 2.05) is 0 Å². The second kappa shape index (κ2) is 2.07. The molecule has 1 N–H and O–H groups in total. The molecule has 0 fully saturated rings. The van der Waals surface area contributed by atoms with Gasteiger partial charge in [0, 0.05) is 0 Å². The highest BCUT2D eigenvalue weighted by atomic mass is 32.2. The number of hydrogen-bond acceptors (Lipinski definition) is 5. The molecule has 1 aliphatic rings. The Kier molecular flexibility index (Phi) is 1.46. The van der Waals surface area contributed by atoms with Crippen LogP contribution >= 0.6 is 0 Å². The van der Waals surface area contributed by atoms with E-state index in [0.717, 1.165) is 0 Å². The first-order valence-electron chi connectivity index (χ1n) is 2.20. The Morgan fingerprint density at radius 2 is 1.91 bits per heavy atom. The highest BCUT2D eigenvalue weighted by Gasteiger charge is 2.36. The topological polar surface area (TPSA) is 116 Å². The van der Waals surface area contributed by atoms with E-state index in [0.29, 0.717) is 0 Å². The van der Waals surface area contributed by atoms with Crippen molar-refractivity contribution in [1.29, 1.82) is 0 Å². The van der Waals surface area contributed by atoms with Gasteiger partial charge in [-0.15, -0.1) is 0 Å². The summed E-state index contributed by atoms with van der Waals surface area (Å²) in [5.74, 6) is -2.82. The van der Waals surface area contributed by atoms with Crippen molar-refractivity contribution in [2.24, 2.45) is 10.3 Å². The normalized spacial score (nSPS) is 18.1. The molecule has 0 aromatic heterocycles. The van der Waals surface area contributed by atoms with E-state index >= 15 is 0 Å². The summed E-state index contributed by atoms with van der Waals surface area (Å²) < 4.78 is 28.1. The van der Waals surface area contributed by atoms with Crippen LogP contribution in [-0.4, -0.2) is 29.2 Å². The molecule has 1 rings (SSSR count). The van der Waals surface area contributed by atoms with Crippen molar-refractivity contribution in [3.8, 4) is 0 Å². The smallest absolute Gasteiger partial charge is 0.267 e. The number of amides is 2. The second-order valence-corrected chi connectivity index (χ2v) is 2.76. The molecule has 0 aromatic rings. The van der Waals surface area contributed by atoms with Gasteiger partial charge in [0.05, 0.1) is 0 Å². The van der Waals surface area contributed by atoms with Crippen molar-refractivity contribution >= 4 is 22.1 Å². The summed E-state index contributed by atoms with van der Waals surface area (Å²) in [5, 5.41) is 5.18. The van der Waals surface area contributed by atoms with Gasteiger partial charge in [-0.1, -0.05) is 9.53 Å². The number of carbonyl (C=O) groups excluding carboxylic acids is 2. The lowest BCUT2D eigenvalue weighted by Gasteiger charge is -2.00. The third-order valence-corrected chi connectivity index (χ3v) is 1.47. The van der Waals surface area contributed by atoms with E-state index in [9.17, 15) is 18.0 Å². The van der Waals surface area contributed by atoms with Gasteiger partial charge in [0.15, 0.2) is 0 Å². The van der Waals surface area contributed by atoms with Crippen LogP contribution in [0.25, 0.3) is 0 Å². The van der Waals surface area contributed by atoms with E-state index in [1.54, 1.807) is 0 Å². The monoisotopic (exact) mass is 179 g/mol. The molecule has 0 aromatic carbocycles. The zero-order valence-electron chi connectivity index (χ0n) is 4.83. The van der Waals surface area contributed by atoms with Crippen LogP contribution in [0.5, 0.6) is 0 Å². The van der Waals surface area contributed by atoms with E-state index in [2.05, 4.69) is 10.3 Å². The van der Waals surface area contributed by atoms with Gasteiger partial charge in [0.25, 0.3) is 0 Å². The fraction of sp³-hybridized carbons (Fsp3) is 0. The first-order chi connectivity index (χ1) is 4.93. The minimum atomic E-state index is -4.78. The Labute approximate surface area is 60.4 Å². The van der Waals surface area contributed by atoms with Gasteiger partial charge in [-0.2, -0.15) is 8.42 Å². The molecule has 0 bridgehead atoms. The molecule has 0 aliphatic carbocycles. The van der Waals surface area contributed by atoms with Gasteiger partial charge in [-0.05, 0) is 5.22 Å². The van der Waals surface area contributed by atoms with Crippen molar-refractivity contribution in [3.05, 3.63) is 0 Å². The highest BCUT2D eigenvalue weighted by Crippen LogP contribution is 2.07. The molecule has 2 amide bonds. The maximum Gasteiger partial charge on any atom is 0.383 e. The molecular weight excluding hydrogens is 178 g/mol. The molecule has 0 spiro atoms. The number of hydrogen-bond donors (Lipinski definition) is 1. The van der Waals surface area contributed by atoms with Crippen LogP contribution in [0.15, 0.2) is 10.3 Å². The predicted octanol–water partition coefficient (Wildman–Crippen LogP) is -1.47. The lowest BCUT2D eigenvalue weighted by Crippen LogP contribution is -2.31. The van der Waals surface area contributed by atoms with Crippen molar-refractivity contribution < 1.29 is 22.6 Å². The summed E-state index contributed by atoms with van der Waals surface area (Å²) in [6.45, 7) is 0. The Balaban J connectivity index is 3.06. The summed E-state index contributed by atoms with van der Waals surface area (Å²) in [6.07, 6.45) is 0. The van der Waals surface area contributed by atoms with Gasteiger partial charge in [0.1, 0.15) is 0 Å². The van der Waals surface area contributed by atoms with Crippen LogP contribution in [-0.2, 0) is 19.9 Å². The summed E-state index contributed by atoms with van der Waals surface area (Å²) >= 11 is 0. The minimum absolute atomic E-state index is 0.394. The molecule has 11 heavy (non-hydrogen) atoms. The number of nitrogens with zero attached hydrogens (tertiary/aromatic N) is 3. The zero-order valence-corrected chi connectivity index (χ0v) is 5.65. The van der Waals surface area contributed by atoms with Gasteiger partial charge < -0.3 is 0 Å². The first-order valence-corrected chi connectivity index (χ1v) is 3.60. The largest absolute Gasteiger partial charge is 0.383 e. The molecule has 0 saturated carbocycles. The first kappa shape index (κ1) is 7.75. The Morgan fingerprint density at radius 3 is 2.09 bits per heavy atom. The van der Waals surface area contributed by atoms with Crippen LogP contribution in [0.1, 0.15) is 0 Å². The maximum atomic E-state index is 10.4. The summed E-state index contributed by atoms with van der Waals surface area (Å²) in [7, 11) is -4.78. The fourth-order valence-electron chi connectivity index (χ4n) is 0.397. The molecule has 1 aliphatic heterocycles. The fourth-order valence-corrected chi connectivity index (χ4v) is 0.814. The van der Waals surface area contributed by atoms with Gasteiger partial charge >= 0.3 is 22.1 Å². The lowest BCUT2D eigenvalue weighted by molar-refractivity contribution is -0.138. The molecule has 0 unspecified atom stereocenters. The highest BCUT2D eigenvalue weighted by molar-refractivity contribution is 7.84. The van der Waals surface area contributed by atoms with Crippen LogP contribution < -0.4 is 0 Å². The second-order valence-electron chi connectivity index (χ2n) is 1.52. The third-order valence-electron chi connectivity index (χ3n) is 0.792. The average molecular weight is 179 g/mol. The molecule has 0 radical (unpaired) electrons. The quantitative estimate of drug-likeness (QED) is 0.389. The van der Waals surface area contributed by atoms with Crippen LogP contribution in [0, 0.1) is 0 Å². The number of carbonyl (C=O) groups is 2. The van der Waals surface area contributed by atoms with Crippen LogP contribution in [0.4, 0.5) is 0 Å². The Bertz CT molecular complexity index is 341.